The van der Waals surface area contributed by atoms with E-state index in [1.807, 2.05) is 24.3 Å². The summed E-state index contributed by atoms with van der Waals surface area (Å²) in [5.41, 5.74) is 7.01. The van der Waals surface area contributed by atoms with E-state index in [1.165, 1.54) is 12.1 Å². The normalized spacial score (nSPS) is 17.2. The maximum atomic E-state index is 12.9. The summed E-state index contributed by atoms with van der Waals surface area (Å²) >= 11 is 0. The van der Waals surface area contributed by atoms with E-state index >= 15 is 0 Å². The zero-order chi connectivity index (χ0) is 28.5. The average Bonchev–Trinajstić information content (AvgIpc) is 3.70. The summed E-state index contributed by atoms with van der Waals surface area (Å²) in [5.74, 6) is -0.779. The molecule has 1 aliphatic heterocycles. The maximum Gasteiger partial charge on any atom is 0.416 e. The summed E-state index contributed by atoms with van der Waals surface area (Å²) in [7, 11) is 0. The van der Waals surface area contributed by atoms with Gasteiger partial charge in [-0.2, -0.15) is 18.3 Å². The molecular formula is C29H29F3N6O2. The second-order valence-electron chi connectivity index (χ2n) is 10.6. The lowest BCUT2D eigenvalue weighted by molar-refractivity contribution is -0.137. The lowest BCUT2D eigenvalue weighted by Crippen LogP contribution is -2.47. The number of nitrogens with one attached hydrogen (secondary N) is 1. The predicted octanol–water partition coefficient (Wildman–Crippen LogP) is 4.93. The van der Waals surface area contributed by atoms with Crippen LogP contribution >= 0.6 is 0 Å². The minimum absolute atomic E-state index is 0.0599. The number of halogens is 3. The fraction of sp³-hybridized carbons (Fsp3) is 0.379. The number of hydrogen-bond acceptors (Lipinski definition) is 4. The topological polar surface area (TPSA) is 97.6 Å². The molecule has 3 N–H and O–H groups in total. The summed E-state index contributed by atoms with van der Waals surface area (Å²) in [6, 6.07) is 12.9. The van der Waals surface area contributed by atoms with Gasteiger partial charge in [-0.15, -0.1) is 0 Å². The fourth-order valence-electron chi connectivity index (χ4n) is 5.10. The quantitative estimate of drug-likeness (QED) is 0.389. The molecule has 1 saturated carbocycles. The molecule has 0 spiro atoms. The lowest BCUT2D eigenvalue weighted by Gasteiger charge is -2.38. The van der Waals surface area contributed by atoms with Crippen molar-refractivity contribution >= 4 is 17.6 Å². The third-order valence-corrected chi connectivity index (χ3v) is 7.72. The van der Waals surface area contributed by atoms with Crippen LogP contribution in [0.3, 0.4) is 0 Å². The van der Waals surface area contributed by atoms with Crippen LogP contribution in [0.1, 0.15) is 47.2 Å². The van der Waals surface area contributed by atoms with E-state index in [0.29, 0.717) is 38.0 Å². The number of carbonyl (C=O) groups excluding carboxylic acids is 2. The zero-order valence-electron chi connectivity index (χ0n) is 21.7. The highest BCUT2D eigenvalue weighted by Crippen LogP contribution is 2.35. The van der Waals surface area contributed by atoms with Crippen molar-refractivity contribution in [2.45, 2.75) is 43.9 Å². The smallest absolute Gasteiger partial charge is 0.365 e. The Hall–Kier alpha value is -4.17. The van der Waals surface area contributed by atoms with E-state index in [2.05, 4.69) is 20.2 Å². The van der Waals surface area contributed by atoms with E-state index in [1.54, 1.807) is 10.9 Å². The summed E-state index contributed by atoms with van der Waals surface area (Å²) in [6.45, 7) is 9.78. The molecule has 5 rings (SSSR count). The number of hydrogen-bond donors (Lipinski definition) is 2. The number of piperidine rings is 1. The van der Waals surface area contributed by atoms with E-state index < -0.39 is 23.2 Å². The number of alkyl halides is 3. The molecule has 1 aromatic heterocycles. The molecule has 1 aliphatic carbocycles. The molecule has 2 fully saturated rings. The standard InChI is InChI=1S/C29H29F3N6O2/c1-34-18-28(38-17-24(25(33)39)26(36-38)35-27(40)22-6-7-22)12-14-37(15-13-28)16-19-2-4-20(5-3-19)21-8-10-23(11-9-21)29(30,31)32/h2-5,8-11,17,22H,6-7,12-16,18H2,(H2,33,39)(H,35,36,40). The number of aromatic nitrogens is 2. The van der Waals surface area contributed by atoms with Gasteiger partial charge in [-0.1, -0.05) is 36.4 Å². The van der Waals surface area contributed by atoms with Crippen molar-refractivity contribution < 1.29 is 22.8 Å². The van der Waals surface area contributed by atoms with E-state index in [9.17, 15) is 22.8 Å². The van der Waals surface area contributed by atoms with E-state index in [0.717, 1.165) is 36.1 Å². The van der Waals surface area contributed by atoms with Crippen LogP contribution in [0.4, 0.5) is 19.0 Å². The maximum absolute atomic E-state index is 12.9. The van der Waals surface area contributed by atoms with Crippen LogP contribution < -0.4 is 11.1 Å². The molecule has 0 atom stereocenters. The van der Waals surface area contributed by atoms with Crippen LogP contribution in [0.25, 0.3) is 16.0 Å². The first kappa shape index (κ1) is 27.4. The molecule has 2 aromatic carbocycles. The van der Waals surface area contributed by atoms with Crippen molar-refractivity contribution in [3.63, 3.8) is 0 Å². The number of carbonyl (C=O) groups is 2. The van der Waals surface area contributed by atoms with Crippen LogP contribution in [-0.2, 0) is 23.1 Å². The van der Waals surface area contributed by atoms with Crippen LogP contribution in [-0.4, -0.2) is 46.1 Å². The molecule has 0 radical (unpaired) electrons. The molecule has 3 aromatic rings. The average molecular weight is 551 g/mol. The van der Waals surface area contributed by atoms with Crippen molar-refractivity contribution in [1.82, 2.24) is 14.7 Å². The number of nitrogens with two attached hydrogens (primary N) is 1. The number of anilines is 1. The SMILES string of the molecule is [C-]#[N+]CC1(n2cc(C(N)=O)c(NC(=O)C3CC3)n2)CCN(Cc2ccc(-c3ccc(C(F)(F)F)cc3)cc2)CC1. The van der Waals surface area contributed by atoms with E-state index in [-0.39, 0.29) is 29.8 Å². The van der Waals surface area contributed by atoms with Crippen molar-refractivity contribution in [2.24, 2.45) is 11.7 Å². The summed E-state index contributed by atoms with van der Waals surface area (Å²) in [6.07, 6.45) is 0.0515. The number of likely N-dealkylation sites (tertiary alicyclic amines) is 1. The molecule has 8 nitrogen and oxygen atoms in total. The molecule has 2 heterocycles. The Kier molecular flexibility index (Phi) is 7.38. The first-order chi connectivity index (χ1) is 19.1. The van der Waals surface area contributed by atoms with Gasteiger partial charge in [0.15, 0.2) is 5.82 Å². The Labute approximate surface area is 229 Å². The summed E-state index contributed by atoms with van der Waals surface area (Å²) in [5, 5.41) is 7.25. The molecule has 2 amide bonds. The Balaban J connectivity index is 1.25. The molecule has 208 valence electrons. The van der Waals surface area contributed by atoms with Gasteiger partial charge in [0.2, 0.25) is 12.5 Å². The number of benzene rings is 2. The Bertz CT molecular complexity index is 1430. The largest absolute Gasteiger partial charge is 0.416 e. The molecule has 0 bridgehead atoms. The Morgan fingerprint density at radius 2 is 1.65 bits per heavy atom. The van der Waals surface area contributed by atoms with Gasteiger partial charge in [0.05, 0.1) is 5.56 Å². The number of amides is 2. The second-order valence-corrected chi connectivity index (χ2v) is 10.6. The van der Waals surface area contributed by atoms with E-state index in [4.69, 9.17) is 12.3 Å². The molecule has 0 unspecified atom stereocenters. The van der Waals surface area contributed by atoms with Crippen molar-refractivity contribution in [3.05, 3.63) is 82.8 Å². The monoisotopic (exact) mass is 550 g/mol. The highest BCUT2D eigenvalue weighted by Gasteiger charge is 2.41. The number of primary amides is 1. The second kappa shape index (κ2) is 10.8. The van der Waals surface area contributed by atoms with Gasteiger partial charge < -0.3 is 15.9 Å². The van der Waals surface area contributed by atoms with Gasteiger partial charge in [-0.25, -0.2) is 6.57 Å². The number of nitrogens with zero attached hydrogens (tertiary/aromatic N) is 4. The van der Waals surface area contributed by atoms with Gasteiger partial charge in [0.25, 0.3) is 5.91 Å². The highest BCUT2D eigenvalue weighted by molar-refractivity contribution is 6.02. The van der Waals surface area contributed by atoms with Gasteiger partial charge in [-0.05, 0) is 54.5 Å². The zero-order valence-corrected chi connectivity index (χ0v) is 21.7. The highest BCUT2D eigenvalue weighted by atomic mass is 19.4. The fourth-order valence-corrected chi connectivity index (χ4v) is 5.10. The van der Waals surface area contributed by atoms with Gasteiger partial charge in [0, 0.05) is 31.7 Å². The third kappa shape index (κ3) is 5.87. The number of rotatable bonds is 8. The van der Waals surface area contributed by atoms with Crippen molar-refractivity contribution in [2.75, 3.05) is 25.0 Å². The Morgan fingerprint density at radius 1 is 1.05 bits per heavy atom. The van der Waals surface area contributed by atoms with Gasteiger partial charge >= 0.3 is 6.18 Å². The van der Waals surface area contributed by atoms with Gasteiger partial charge in [-0.3, -0.25) is 19.2 Å². The summed E-state index contributed by atoms with van der Waals surface area (Å²) < 4.78 is 40.2. The lowest BCUT2D eigenvalue weighted by atomic mass is 9.87. The van der Waals surface area contributed by atoms with Crippen LogP contribution in [0.2, 0.25) is 0 Å². The first-order valence-corrected chi connectivity index (χ1v) is 13.1. The molecule has 1 saturated heterocycles. The van der Waals surface area contributed by atoms with Crippen molar-refractivity contribution in [3.8, 4) is 11.1 Å². The minimum atomic E-state index is -4.36. The third-order valence-electron chi connectivity index (χ3n) is 7.72. The first-order valence-electron chi connectivity index (χ1n) is 13.1. The molecule has 2 aliphatic rings. The van der Waals surface area contributed by atoms with Crippen LogP contribution in [0, 0.1) is 12.5 Å². The van der Waals surface area contributed by atoms with Crippen LogP contribution in [0.5, 0.6) is 0 Å². The van der Waals surface area contributed by atoms with Crippen molar-refractivity contribution in [1.29, 1.82) is 0 Å². The minimum Gasteiger partial charge on any atom is -0.365 e. The summed E-state index contributed by atoms with van der Waals surface area (Å²) in [4.78, 5) is 30.3. The molecule has 40 heavy (non-hydrogen) atoms. The van der Waals surface area contributed by atoms with Gasteiger partial charge in [0.1, 0.15) is 11.1 Å². The predicted molar refractivity (Wildman–Crippen MR) is 143 cm³/mol. The molecule has 11 heteroatoms. The Morgan fingerprint density at radius 3 is 2.17 bits per heavy atom. The van der Waals surface area contributed by atoms with Crippen LogP contribution in [0.15, 0.2) is 54.7 Å². The molecular weight excluding hydrogens is 521 g/mol.